The Bertz CT molecular complexity index is 824. The second kappa shape index (κ2) is 7.56. The summed E-state index contributed by atoms with van der Waals surface area (Å²) in [6.45, 7) is 5.26. The summed E-state index contributed by atoms with van der Waals surface area (Å²) in [7, 11) is 0. The van der Waals surface area contributed by atoms with Crippen LogP contribution in [0, 0.1) is 5.82 Å². The van der Waals surface area contributed by atoms with E-state index in [1.165, 1.54) is 19.1 Å². The van der Waals surface area contributed by atoms with Crippen LogP contribution in [0.1, 0.15) is 24.2 Å². The number of anilines is 2. The highest BCUT2D eigenvalue weighted by molar-refractivity contribution is 5.97. The Morgan fingerprint density at radius 3 is 2.58 bits per heavy atom. The van der Waals surface area contributed by atoms with Gasteiger partial charge in [0.2, 0.25) is 5.91 Å². The van der Waals surface area contributed by atoms with E-state index in [4.69, 9.17) is 0 Å². The van der Waals surface area contributed by atoms with Crippen LogP contribution in [-0.2, 0) is 4.79 Å². The van der Waals surface area contributed by atoms with Crippen molar-refractivity contribution in [1.82, 2.24) is 4.90 Å². The monoisotopic (exact) mass is 355 g/mol. The van der Waals surface area contributed by atoms with Crippen molar-refractivity contribution in [3.8, 4) is 0 Å². The second-order valence-electron chi connectivity index (χ2n) is 6.54. The van der Waals surface area contributed by atoms with Crippen LogP contribution in [0.4, 0.5) is 15.8 Å². The van der Waals surface area contributed by atoms with Crippen LogP contribution in [0.15, 0.2) is 48.5 Å². The highest BCUT2D eigenvalue weighted by Gasteiger charge is 2.28. The maximum Gasteiger partial charge on any atom is 0.254 e. The van der Waals surface area contributed by atoms with E-state index >= 15 is 0 Å². The van der Waals surface area contributed by atoms with E-state index in [0.29, 0.717) is 30.9 Å². The quantitative estimate of drug-likeness (QED) is 0.920. The molecule has 0 bridgehead atoms. The van der Waals surface area contributed by atoms with Gasteiger partial charge in [-0.15, -0.1) is 0 Å². The topological polar surface area (TPSA) is 52.7 Å². The van der Waals surface area contributed by atoms with Crippen LogP contribution < -0.4 is 10.2 Å². The number of benzene rings is 2. The molecule has 1 aliphatic rings. The Balaban J connectivity index is 1.71. The van der Waals surface area contributed by atoms with Crippen LogP contribution >= 0.6 is 0 Å². The largest absolute Gasteiger partial charge is 0.368 e. The van der Waals surface area contributed by atoms with Crippen molar-refractivity contribution in [1.29, 1.82) is 0 Å². The van der Waals surface area contributed by atoms with Gasteiger partial charge < -0.3 is 15.1 Å². The number of halogens is 1. The fourth-order valence-electron chi connectivity index (χ4n) is 3.27. The van der Waals surface area contributed by atoms with Crippen molar-refractivity contribution in [3.05, 3.63) is 59.9 Å². The van der Waals surface area contributed by atoms with Crippen LogP contribution in [0.25, 0.3) is 0 Å². The zero-order valence-electron chi connectivity index (χ0n) is 14.9. The molecule has 1 N–H and O–H groups in total. The van der Waals surface area contributed by atoms with Crippen molar-refractivity contribution >= 4 is 23.2 Å². The molecule has 0 aliphatic carbocycles. The molecule has 6 heteroatoms. The number of nitrogens with one attached hydrogen (secondary N) is 1. The average molecular weight is 355 g/mol. The molecule has 2 amide bonds. The molecule has 136 valence electrons. The molecule has 1 unspecified atom stereocenters. The molecule has 5 nitrogen and oxygen atoms in total. The highest BCUT2D eigenvalue weighted by Crippen LogP contribution is 2.22. The molecule has 2 aromatic carbocycles. The first-order valence-electron chi connectivity index (χ1n) is 8.63. The average Bonchev–Trinajstić information content (AvgIpc) is 2.61. The summed E-state index contributed by atoms with van der Waals surface area (Å²) in [6, 6.07) is 13.5. The zero-order valence-corrected chi connectivity index (χ0v) is 14.9. The van der Waals surface area contributed by atoms with E-state index in [-0.39, 0.29) is 23.7 Å². The number of piperazine rings is 1. The first-order valence-corrected chi connectivity index (χ1v) is 8.63. The number of nitrogens with zero attached hydrogens (tertiary/aromatic N) is 2. The Labute approximate surface area is 152 Å². The van der Waals surface area contributed by atoms with Gasteiger partial charge in [-0.05, 0) is 43.3 Å². The molecule has 1 saturated heterocycles. The Kier molecular flexibility index (Phi) is 5.21. The third-order valence-electron chi connectivity index (χ3n) is 4.49. The van der Waals surface area contributed by atoms with Crippen molar-refractivity contribution in [2.45, 2.75) is 19.9 Å². The molecule has 1 fully saturated rings. The third kappa shape index (κ3) is 4.02. The van der Waals surface area contributed by atoms with Crippen LogP contribution in [0.5, 0.6) is 0 Å². The third-order valence-corrected chi connectivity index (χ3v) is 4.49. The lowest BCUT2D eigenvalue weighted by Gasteiger charge is -2.41. The van der Waals surface area contributed by atoms with E-state index in [1.54, 1.807) is 30.3 Å². The van der Waals surface area contributed by atoms with Gasteiger partial charge in [-0.1, -0.05) is 12.1 Å². The maximum atomic E-state index is 13.5. The van der Waals surface area contributed by atoms with Gasteiger partial charge in [-0.25, -0.2) is 4.39 Å². The number of amides is 2. The predicted octanol–water partition coefficient (Wildman–Crippen LogP) is 3.14. The van der Waals surface area contributed by atoms with Gasteiger partial charge >= 0.3 is 0 Å². The van der Waals surface area contributed by atoms with Gasteiger partial charge in [0, 0.05) is 49.5 Å². The van der Waals surface area contributed by atoms with Crippen LogP contribution in [0.2, 0.25) is 0 Å². The number of rotatable bonds is 3. The minimum absolute atomic E-state index is 0.0102. The molecule has 0 saturated carbocycles. The Morgan fingerprint density at radius 2 is 1.88 bits per heavy atom. The van der Waals surface area contributed by atoms with Gasteiger partial charge in [-0.3, -0.25) is 9.59 Å². The molecule has 1 aliphatic heterocycles. The Morgan fingerprint density at radius 1 is 1.12 bits per heavy atom. The van der Waals surface area contributed by atoms with E-state index in [9.17, 15) is 14.0 Å². The van der Waals surface area contributed by atoms with Gasteiger partial charge in [0.1, 0.15) is 5.82 Å². The first kappa shape index (κ1) is 17.9. The number of carbonyl (C=O) groups excluding carboxylic acids is 2. The number of hydrogen-bond donors (Lipinski definition) is 1. The lowest BCUT2D eigenvalue weighted by molar-refractivity contribution is -0.114. The van der Waals surface area contributed by atoms with Crippen molar-refractivity contribution < 1.29 is 14.0 Å². The fraction of sp³-hybridized carbons (Fsp3) is 0.300. The predicted molar refractivity (Wildman–Crippen MR) is 99.9 cm³/mol. The summed E-state index contributed by atoms with van der Waals surface area (Å²) >= 11 is 0. The molecule has 26 heavy (non-hydrogen) atoms. The van der Waals surface area contributed by atoms with Crippen molar-refractivity contribution in [2.24, 2.45) is 0 Å². The zero-order chi connectivity index (χ0) is 18.7. The molecular weight excluding hydrogens is 333 g/mol. The van der Waals surface area contributed by atoms with E-state index in [2.05, 4.69) is 10.2 Å². The molecule has 0 spiro atoms. The highest BCUT2D eigenvalue weighted by atomic mass is 19.1. The first-order chi connectivity index (χ1) is 12.4. The van der Waals surface area contributed by atoms with E-state index < -0.39 is 0 Å². The van der Waals surface area contributed by atoms with E-state index in [0.717, 1.165) is 5.69 Å². The van der Waals surface area contributed by atoms with Crippen LogP contribution in [-0.4, -0.2) is 42.4 Å². The molecule has 0 radical (unpaired) electrons. The minimum Gasteiger partial charge on any atom is -0.368 e. The van der Waals surface area contributed by atoms with Gasteiger partial charge in [-0.2, -0.15) is 0 Å². The fourth-order valence-corrected chi connectivity index (χ4v) is 3.27. The normalized spacial score (nSPS) is 17.1. The molecule has 1 atom stereocenters. The summed E-state index contributed by atoms with van der Waals surface area (Å²) < 4.78 is 13.5. The minimum atomic E-state index is -0.261. The van der Waals surface area contributed by atoms with Gasteiger partial charge in [0.05, 0.1) is 0 Å². The SMILES string of the molecule is CC(=O)Nc1cccc(C(=O)N2CCN(c3cccc(F)c3)CC2C)c1. The molecule has 3 rings (SSSR count). The van der Waals surface area contributed by atoms with Gasteiger partial charge in [0.25, 0.3) is 5.91 Å². The number of carbonyl (C=O) groups is 2. The standard InChI is InChI=1S/C20H22FN3O2/c1-14-13-23(19-8-4-6-17(21)12-19)9-10-24(14)20(26)16-5-3-7-18(11-16)22-15(2)25/h3-8,11-12,14H,9-10,13H2,1-2H3,(H,22,25). The summed E-state index contributed by atoms with van der Waals surface area (Å²) in [5, 5.41) is 2.69. The molecule has 0 aromatic heterocycles. The summed E-state index contributed by atoms with van der Waals surface area (Å²) in [5.41, 5.74) is 1.98. The maximum absolute atomic E-state index is 13.5. The smallest absolute Gasteiger partial charge is 0.254 e. The lowest BCUT2D eigenvalue weighted by Crippen LogP contribution is -2.54. The van der Waals surface area contributed by atoms with E-state index in [1.807, 2.05) is 17.9 Å². The van der Waals surface area contributed by atoms with Gasteiger partial charge in [0.15, 0.2) is 0 Å². The van der Waals surface area contributed by atoms with Crippen molar-refractivity contribution in [3.63, 3.8) is 0 Å². The molecular formula is C20H22FN3O2. The number of hydrogen-bond acceptors (Lipinski definition) is 3. The molecule has 1 heterocycles. The van der Waals surface area contributed by atoms with Crippen LogP contribution in [0.3, 0.4) is 0 Å². The molecule has 2 aromatic rings. The summed E-state index contributed by atoms with van der Waals surface area (Å²) in [4.78, 5) is 28.0. The lowest BCUT2D eigenvalue weighted by atomic mass is 10.1. The van der Waals surface area contributed by atoms with Crippen molar-refractivity contribution in [2.75, 3.05) is 29.9 Å². The summed E-state index contributed by atoms with van der Waals surface area (Å²) in [6.07, 6.45) is 0. The Hall–Kier alpha value is -2.89. The summed E-state index contributed by atoms with van der Waals surface area (Å²) in [5.74, 6) is -0.501. The second-order valence-corrected chi connectivity index (χ2v) is 6.54.